The van der Waals surface area contributed by atoms with Crippen molar-refractivity contribution >= 4 is 11.8 Å². The van der Waals surface area contributed by atoms with E-state index in [-0.39, 0.29) is 0 Å². The highest BCUT2D eigenvalue weighted by atomic mass is 32.2. The maximum atomic E-state index is 5.21. The molecule has 2 nitrogen and oxygen atoms in total. The number of aryl methyl sites for hydroxylation is 1. The van der Waals surface area contributed by atoms with E-state index in [2.05, 4.69) is 49.5 Å². The molecule has 3 heteroatoms. The van der Waals surface area contributed by atoms with Crippen LogP contribution in [0.15, 0.2) is 52.3 Å². The zero-order valence-electron chi connectivity index (χ0n) is 13.0. The highest BCUT2D eigenvalue weighted by Gasteiger charge is 2.05. The number of rotatable bonds is 7. The molecule has 112 valence electrons. The van der Waals surface area contributed by atoms with Gasteiger partial charge in [0.15, 0.2) is 0 Å². The van der Waals surface area contributed by atoms with Crippen LogP contribution in [0.25, 0.3) is 0 Å². The molecular formula is C18H23NOS. The summed E-state index contributed by atoms with van der Waals surface area (Å²) < 4.78 is 5.21. The Morgan fingerprint density at radius 2 is 1.86 bits per heavy atom. The van der Waals surface area contributed by atoms with E-state index in [4.69, 9.17) is 4.74 Å². The van der Waals surface area contributed by atoms with E-state index in [1.807, 2.05) is 12.1 Å². The molecule has 2 aromatic rings. The van der Waals surface area contributed by atoms with Crippen LogP contribution in [0.4, 0.5) is 0 Å². The molecule has 0 unspecified atom stereocenters. The summed E-state index contributed by atoms with van der Waals surface area (Å²) in [5.41, 5.74) is 2.67. The Balaban J connectivity index is 2.13. The summed E-state index contributed by atoms with van der Waals surface area (Å²) in [7, 11) is 1.69. The summed E-state index contributed by atoms with van der Waals surface area (Å²) in [5, 5.41) is 3.49. The number of ether oxygens (including phenoxy) is 1. The molecule has 0 radical (unpaired) electrons. The maximum absolute atomic E-state index is 5.21. The summed E-state index contributed by atoms with van der Waals surface area (Å²) in [4.78, 5) is 2.55. The predicted molar refractivity (Wildman–Crippen MR) is 90.3 cm³/mol. The van der Waals surface area contributed by atoms with Gasteiger partial charge in [0.25, 0.3) is 0 Å². The average Bonchev–Trinajstić information content (AvgIpc) is 2.51. The molecule has 2 rings (SSSR count). The van der Waals surface area contributed by atoms with Gasteiger partial charge in [-0.1, -0.05) is 36.4 Å². The molecule has 0 saturated heterocycles. The highest BCUT2D eigenvalue weighted by Crippen LogP contribution is 2.32. The molecule has 21 heavy (non-hydrogen) atoms. The van der Waals surface area contributed by atoms with E-state index in [0.717, 1.165) is 25.3 Å². The fraction of sp³-hybridized carbons (Fsp3) is 0.333. The molecule has 0 aliphatic rings. The molecule has 0 aromatic heterocycles. The van der Waals surface area contributed by atoms with Crippen LogP contribution >= 0.6 is 11.8 Å². The van der Waals surface area contributed by atoms with Gasteiger partial charge < -0.3 is 10.1 Å². The second-order valence-corrected chi connectivity index (χ2v) is 6.18. The van der Waals surface area contributed by atoms with Crippen LogP contribution < -0.4 is 10.1 Å². The number of benzene rings is 2. The summed E-state index contributed by atoms with van der Waals surface area (Å²) in [6, 6.07) is 14.9. The number of hydrogen-bond acceptors (Lipinski definition) is 3. The Labute approximate surface area is 131 Å². The summed E-state index contributed by atoms with van der Waals surface area (Å²) >= 11 is 1.80. The highest BCUT2D eigenvalue weighted by molar-refractivity contribution is 7.99. The van der Waals surface area contributed by atoms with E-state index in [1.165, 1.54) is 20.9 Å². The van der Waals surface area contributed by atoms with Gasteiger partial charge in [-0.3, -0.25) is 0 Å². The predicted octanol–water partition coefficient (Wildman–Crippen LogP) is 4.65. The van der Waals surface area contributed by atoms with Crippen LogP contribution in [0.2, 0.25) is 0 Å². The van der Waals surface area contributed by atoms with E-state index >= 15 is 0 Å². The molecule has 0 bridgehead atoms. The molecule has 0 atom stereocenters. The minimum Gasteiger partial charge on any atom is -0.497 e. The Hall–Kier alpha value is -1.45. The van der Waals surface area contributed by atoms with Crippen molar-refractivity contribution in [2.75, 3.05) is 13.7 Å². The van der Waals surface area contributed by atoms with Crippen molar-refractivity contribution in [3.63, 3.8) is 0 Å². The van der Waals surface area contributed by atoms with Crippen molar-refractivity contribution < 1.29 is 4.74 Å². The molecule has 1 N–H and O–H groups in total. The average molecular weight is 301 g/mol. The molecule has 0 aliphatic heterocycles. The summed E-state index contributed by atoms with van der Waals surface area (Å²) in [6.45, 7) is 6.32. The van der Waals surface area contributed by atoms with Crippen LogP contribution in [0.5, 0.6) is 5.75 Å². The van der Waals surface area contributed by atoms with Gasteiger partial charge in [0, 0.05) is 16.3 Å². The number of hydrogen-bond donors (Lipinski definition) is 1. The molecule has 0 saturated carbocycles. The first-order chi connectivity index (χ1) is 10.2. The summed E-state index contributed by atoms with van der Waals surface area (Å²) in [6.07, 6.45) is 1.16. The monoisotopic (exact) mass is 301 g/mol. The number of methoxy groups -OCH3 is 1. The van der Waals surface area contributed by atoms with Crippen molar-refractivity contribution in [3.8, 4) is 5.75 Å². The first-order valence-electron chi connectivity index (χ1n) is 7.35. The Morgan fingerprint density at radius 1 is 1.10 bits per heavy atom. The minimum absolute atomic E-state index is 0.896. The fourth-order valence-corrected chi connectivity index (χ4v) is 3.04. The SMILES string of the molecule is CCCNCc1cc(C)ccc1Sc1ccc(OC)cc1. The molecule has 0 aliphatic carbocycles. The third kappa shape index (κ3) is 4.80. The molecule has 0 amide bonds. The molecule has 0 fully saturated rings. The van der Waals surface area contributed by atoms with Gasteiger partial charge >= 0.3 is 0 Å². The van der Waals surface area contributed by atoms with Gasteiger partial charge in [-0.05, 0) is 55.8 Å². The summed E-state index contributed by atoms with van der Waals surface area (Å²) in [5.74, 6) is 0.896. The lowest BCUT2D eigenvalue weighted by Gasteiger charge is -2.11. The van der Waals surface area contributed by atoms with Crippen molar-refractivity contribution in [3.05, 3.63) is 53.6 Å². The third-order valence-electron chi connectivity index (χ3n) is 3.25. The third-order valence-corrected chi connectivity index (χ3v) is 4.37. The van der Waals surface area contributed by atoms with Gasteiger partial charge in [0.1, 0.15) is 5.75 Å². The standard InChI is InChI=1S/C18H23NOS/c1-4-11-19-13-15-12-14(2)5-10-18(15)21-17-8-6-16(20-3)7-9-17/h5-10,12,19H,4,11,13H2,1-3H3. The van der Waals surface area contributed by atoms with E-state index in [9.17, 15) is 0 Å². The smallest absolute Gasteiger partial charge is 0.118 e. The lowest BCUT2D eigenvalue weighted by atomic mass is 10.1. The molecule has 2 aromatic carbocycles. The van der Waals surface area contributed by atoms with Gasteiger partial charge in [-0.25, -0.2) is 0 Å². The fourth-order valence-electron chi connectivity index (χ4n) is 2.12. The Morgan fingerprint density at radius 3 is 2.52 bits per heavy atom. The van der Waals surface area contributed by atoms with Gasteiger partial charge in [-0.2, -0.15) is 0 Å². The van der Waals surface area contributed by atoms with E-state index < -0.39 is 0 Å². The molecule has 0 heterocycles. The quantitative estimate of drug-likeness (QED) is 0.752. The molecule has 0 spiro atoms. The van der Waals surface area contributed by atoms with Crippen LogP contribution in [-0.2, 0) is 6.54 Å². The van der Waals surface area contributed by atoms with Crippen LogP contribution in [-0.4, -0.2) is 13.7 Å². The zero-order valence-corrected chi connectivity index (χ0v) is 13.8. The number of nitrogens with one attached hydrogen (secondary N) is 1. The second-order valence-electron chi connectivity index (χ2n) is 5.07. The largest absolute Gasteiger partial charge is 0.497 e. The van der Waals surface area contributed by atoms with E-state index in [0.29, 0.717) is 0 Å². The Bertz CT molecular complexity index is 566. The lowest BCUT2D eigenvalue weighted by Crippen LogP contribution is -2.14. The lowest BCUT2D eigenvalue weighted by molar-refractivity contribution is 0.414. The normalized spacial score (nSPS) is 10.6. The van der Waals surface area contributed by atoms with Gasteiger partial charge in [0.05, 0.1) is 7.11 Å². The van der Waals surface area contributed by atoms with E-state index in [1.54, 1.807) is 18.9 Å². The van der Waals surface area contributed by atoms with Crippen molar-refractivity contribution in [2.45, 2.75) is 36.6 Å². The van der Waals surface area contributed by atoms with Crippen LogP contribution in [0.1, 0.15) is 24.5 Å². The van der Waals surface area contributed by atoms with Crippen molar-refractivity contribution in [2.24, 2.45) is 0 Å². The molecular weight excluding hydrogens is 278 g/mol. The maximum Gasteiger partial charge on any atom is 0.118 e. The van der Waals surface area contributed by atoms with Crippen molar-refractivity contribution in [1.29, 1.82) is 0 Å². The Kier molecular flexibility index (Phi) is 6.15. The van der Waals surface area contributed by atoms with Crippen LogP contribution in [0, 0.1) is 6.92 Å². The van der Waals surface area contributed by atoms with Crippen LogP contribution in [0.3, 0.4) is 0 Å². The minimum atomic E-state index is 0.896. The first kappa shape index (κ1) is 15.9. The van der Waals surface area contributed by atoms with Crippen molar-refractivity contribution in [1.82, 2.24) is 5.32 Å². The second kappa shape index (κ2) is 8.11. The first-order valence-corrected chi connectivity index (χ1v) is 8.16. The topological polar surface area (TPSA) is 21.3 Å². The zero-order chi connectivity index (χ0) is 15.1. The van der Waals surface area contributed by atoms with Gasteiger partial charge in [0.2, 0.25) is 0 Å². The van der Waals surface area contributed by atoms with Gasteiger partial charge in [-0.15, -0.1) is 0 Å².